The standard InChI is InChI=1S/C6H15NO.H3NO/c1-4-7(5-2)6(3)8;1-2/h6,8H,4-5H2,1-3H3;2H,1H2. The summed E-state index contributed by atoms with van der Waals surface area (Å²) in [5.41, 5.74) is 0. The first-order chi connectivity index (χ1) is 4.72. The topological polar surface area (TPSA) is 69.7 Å². The monoisotopic (exact) mass is 150 g/mol. The summed E-state index contributed by atoms with van der Waals surface area (Å²) in [5, 5.41) is 15.4. The molecular weight excluding hydrogens is 132 g/mol. The average molecular weight is 150 g/mol. The molecule has 0 spiro atoms. The van der Waals surface area contributed by atoms with E-state index in [0.29, 0.717) is 0 Å². The largest absolute Gasteiger partial charge is 0.379 e. The van der Waals surface area contributed by atoms with Crippen LogP contribution in [0.5, 0.6) is 0 Å². The fraction of sp³-hybridized carbons (Fsp3) is 1.00. The zero-order chi connectivity index (χ0) is 8.57. The highest BCUT2D eigenvalue weighted by molar-refractivity contribution is 4.49. The average Bonchev–Trinajstić information content (AvgIpc) is 1.94. The second-order valence-corrected chi connectivity index (χ2v) is 1.85. The number of nitrogens with two attached hydrogens (primary N) is 1. The van der Waals surface area contributed by atoms with Crippen molar-refractivity contribution in [1.29, 1.82) is 0 Å². The summed E-state index contributed by atoms with van der Waals surface area (Å²) in [7, 11) is 0. The molecule has 0 radical (unpaired) electrons. The van der Waals surface area contributed by atoms with Crippen molar-refractivity contribution in [1.82, 2.24) is 4.90 Å². The highest BCUT2D eigenvalue weighted by Gasteiger charge is 2.02. The van der Waals surface area contributed by atoms with Gasteiger partial charge in [0.1, 0.15) is 6.23 Å². The zero-order valence-electron chi connectivity index (χ0n) is 6.91. The van der Waals surface area contributed by atoms with Crippen LogP contribution in [-0.2, 0) is 0 Å². The molecule has 0 saturated carbocycles. The van der Waals surface area contributed by atoms with Crippen molar-refractivity contribution in [2.24, 2.45) is 5.90 Å². The lowest BCUT2D eigenvalue weighted by molar-refractivity contribution is 0.0265. The van der Waals surface area contributed by atoms with Gasteiger partial charge in [0.2, 0.25) is 0 Å². The predicted octanol–water partition coefficient (Wildman–Crippen LogP) is 0.000800. The van der Waals surface area contributed by atoms with E-state index in [1.807, 2.05) is 18.7 Å². The third-order valence-electron chi connectivity index (χ3n) is 1.34. The van der Waals surface area contributed by atoms with Gasteiger partial charge in [0.05, 0.1) is 0 Å². The summed E-state index contributed by atoms with van der Waals surface area (Å²) in [4.78, 5) is 1.97. The molecule has 0 aliphatic heterocycles. The van der Waals surface area contributed by atoms with Crippen molar-refractivity contribution in [3.63, 3.8) is 0 Å². The Morgan fingerprint density at radius 3 is 1.60 bits per heavy atom. The van der Waals surface area contributed by atoms with E-state index in [2.05, 4.69) is 5.90 Å². The minimum absolute atomic E-state index is 0.287. The number of aliphatic hydroxyl groups excluding tert-OH is 1. The van der Waals surface area contributed by atoms with Crippen LogP contribution in [-0.4, -0.2) is 34.5 Å². The molecule has 1 unspecified atom stereocenters. The molecular formula is C6H18N2O2. The van der Waals surface area contributed by atoms with Gasteiger partial charge in [0, 0.05) is 0 Å². The van der Waals surface area contributed by atoms with Gasteiger partial charge in [-0.1, -0.05) is 13.8 Å². The van der Waals surface area contributed by atoms with Crippen LogP contribution in [0.2, 0.25) is 0 Å². The Bertz CT molecular complexity index is 55.7. The van der Waals surface area contributed by atoms with E-state index < -0.39 is 0 Å². The van der Waals surface area contributed by atoms with Gasteiger partial charge in [-0.3, -0.25) is 4.90 Å². The summed E-state index contributed by atoms with van der Waals surface area (Å²) < 4.78 is 0. The predicted molar refractivity (Wildman–Crippen MR) is 40.6 cm³/mol. The Morgan fingerprint density at radius 1 is 1.30 bits per heavy atom. The molecule has 4 N–H and O–H groups in total. The van der Waals surface area contributed by atoms with Crippen molar-refractivity contribution in [2.45, 2.75) is 27.0 Å². The molecule has 0 rings (SSSR count). The molecule has 0 aromatic rings. The Morgan fingerprint density at radius 2 is 1.60 bits per heavy atom. The SMILES string of the molecule is CCN(CC)C(C)O.NO. The van der Waals surface area contributed by atoms with E-state index in [4.69, 9.17) is 10.3 Å². The van der Waals surface area contributed by atoms with Gasteiger partial charge in [0.25, 0.3) is 0 Å². The first kappa shape index (κ1) is 12.5. The van der Waals surface area contributed by atoms with Crippen LogP contribution in [0.4, 0.5) is 0 Å². The van der Waals surface area contributed by atoms with Crippen molar-refractivity contribution in [3.8, 4) is 0 Å². The first-order valence-corrected chi connectivity index (χ1v) is 3.40. The van der Waals surface area contributed by atoms with E-state index in [-0.39, 0.29) is 6.23 Å². The molecule has 64 valence electrons. The maximum atomic E-state index is 8.94. The summed E-state index contributed by atoms with van der Waals surface area (Å²) >= 11 is 0. The van der Waals surface area contributed by atoms with Crippen LogP contribution in [0.1, 0.15) is 20.8 Å². The van der Waals surface area contributed by atoms with Crippen LogP contribution in [0.25, 0.3) is 0 Å². The third-order valence-corrected chi connectivity index (χ3v) is 1.34. The molecule has 10 heavy (non-hydrogen) atoms. The molecule has 4 nitrogen and oxygen atoms in total. The second kappa shape index (κ2) is 8.84. The Labute approximate surface area is 62.2 Å². The van der Waals surface area contributed by atoms with Crippen molar-refractivity contribution < 1.29 is 10.3 Å². The summed E-state index contributed by atoms with van der Waals surface area (Å²) in [5.74, 6) is 3.50. The lowest BCUT2D eigenvalue weighted by atomic mass is 10.5. The van der Waals surface area contributed by atoms with E-state index in [1.165, 1.54) is 0 Å². The quantitative estimate of drug-likeness (QED) is 0.391. The second-order valence-electron chi connectivity index (χ2n) is 1.85. The molecule has 0 aliphatic carbocycles. The molecule has 1 atom stereocenters. The first-order valence-electron chi connectivity index (χ1n) is 3.40. The molecule has 0 aromatic carbocycles. The van der Waals surface area contributed by atoms with Gasteiger partial charge >= 0.3 is 0 Å². The van der Waals surface area contributed by atoms with E-state index in [1.54, 1.807) is 6.92 Å². The molecule has 0 bridgehead atoms. The third kappa shape index (κ3) is 5.97. The van der Waals surface area contributed by atoms with Crippen LogP contribution in [0.3, 0.4) is 0 Å². The molecule has 0 fully saturated rings. The van der Waals surface area contributed by atoms with Crippen LogP contribution in [0, 0.1) is 0 Å². The van der Waals surface area contributed by atoms with Gasteiger partial charge < -0.3 is 10.3 Å². The lowest BCUT2D eigenvalue weighted by Gasteiger charge is -2.20. The number of rotatable bonds is 3. The van der Waals surface area contributed by atoms with Crippen LogP contribution >= 0.6 is 0 Å². The van der Waals surface area contributed by atoms with Crippen molar-refractivity contribution >= 4 is 0 Å². The Hall–Kier alpha value is -0.160. The summed E-state index contributed by atoms with van der Waals surface area (Å²) in [6.07, 6.45) is -0.287. The molecule has 0 saturated heterocycles. The molecule has 0 aliphatic rings. The van der Waals surface area contributed by atoms with E-state index in [0.717, 1.165) is 13.1 Å². The Balaban J connectivity index is 0. The van der Waals surface area contributed by atoms with Gasteiger partial charge in [-0.15, -0.1) is 0 Å². The van der Waals surface area contributed by atoms with Crippen LogP contribution < -0.4 is 5.90 Å². The number of nitrogens with zero attached hydrogens (tertiary/aromatic N) is 1. The highest BCUT2D eigenvalue weighted by atomic mass is 16.4. The summed E-state index contributed by atoms with van der Waals surface area (Å²) in [6, 6.07) is 0. The van der Waals surface area contributed by atoms with Crippen molar-refractivity contribution in [3.05, 3.63) is 0 Å². The maximum absolute atomic E-state index is 8.94. The normalized spacial score (nSPS) is 12.3. The summed E-state index contributed by atoms with van der Waals surface area (Å²) in [6.45, 7) is 7.71. The van der Waals surface area contributed by atoms with E-state index >= 15 is 0 Å². The molecule has 0 heterocycles. The van der Waals surface area contributed by atoms with Gasteiger partial charge in [-0.05, 0) is 20.0 Å². The lowest BCUT2D eigenvalue weighted by Crippen LogP contribution is -2.32. The zero-order valence-corrected chi connectivity index (χ0v) is 6.91. The fourth-order valence-corrected chi connectivity index (χ4v) is 0.752. The smallest absolute Gasteiger partial charge is 0.104 e. The van der Waals surface area contributed by atoms with Gasteiger partial charge in [0.15, 0.2) is 0 Å². The number of hydrogen-bond donors (Lipinski definition) is 3. The minimum atomic E-state index is -0.287. The minimum Gasteiger partial charge on any atom is -0.379 e. The molecule has 0 amide bonds. The van der Waals surface area contributed by atoms with Gasteiger partial charge in [-0.2, -0.15) is 0 Å². The maximum Gasteiger partial charge on any atom is 0.104 e. The number of aliphatic hydroxyl groups is 1. The fourth-order valence-electron chi connectivity index (χ4n) is 0.752. The number of hydrogen-bond acceptors (Lipinski definition) is 4. The van der Waals surface area contributed by atoms with Crippen molar-refractivity contribution in [2.75, 3.05) is 13.1 Å². The van der Waals surface area contributed by atoms with E-state index in [9.17, 15) is 0 Å². The molecule has 0 aromatic heterocycles. The highest BCUT2D eigenvalue weighted by Crippen LogP contribution is 1.91. The van der Waals surface area contributed by atoms with Crippen LogP contribution in [0.15, 0.2) is 0 Å². The van der Waals surface area contributed by atoms with Gasteiger partial charge in [-0.25, -0.2) is 5.90 Å². The Kier molecular flexibility index (Phi) is 11.1. The molecule has 4 heteroatoms.